The molecule has 0 rings (SSSR count). The maximum Gasteiger partial charge on any atom is 0.0869 e. The molecule has 0 amide bonds. The second kappa shape index (κ2) is 15.0. The van der Waals surface area contributed by atoms with E-state index in [1.165, 1.54) is 0 Å². The SMILES string of the molecule is CC(=O)[O-].C[N+](C)(C)CCS.C[N+](C)(C)CCS.[Br-]. The average molecular weight is 379 g/mol. The molecule has 0 aromatic heterocycles. The third-order valence-electron chi connectivity index (χ3n) is 1.54. The van der Waals surface area contributed by atoms with Crippen LogP contribution in [0.4, 0.5) is 0 Å². The van der Waals surface area contributed by atoms with Gasteiger partial charge < -0.3 is 35.8 Å². The number of carboxylic acid groups (broad SMARTS) is 1. The van der Waals surface area contributed by atoms with Gasteiger partial charge in [-0.1, -0.05) is 0 Å². The molecule has 0 aliphatic carbocycles. The Kier molecular flexibility index (Phi) is 21.9. The predicted octanol–water partition coefficient (Wildman–Crippen LogP) is -2.99. The van der Waals surface area contributed by atoms with Crippen LogP contribution in [0.3, 0.4) is 0 Å². The maximum atomic E-state index is 8.89. The van der Waals surface area contributed by atoms with Crippen molar-refractivity contribution in [2.24, 2.45) is 0 Å². The average Bonchev–Trinajstić information content (AvgIpc) is 1.97. The summed E-state index contributed by atoms with van der Waals surface area (Å²) in [6, 6.07) is 0. The Bertz CT molecular complexity index is 185. The first kappa shape index (κ1) is 27.8. The Hall–Kier alpha value is 0.570. The molecule has 0 aromatic rings. The highest BCUT2D eigenvalue weighted by Gasteiger charge is 2.02. The van der Waals surface area contributed by atoms with E-state index in [1.54, 1.807) is 0 Å². The van der Waals surface area contributed by atoms with Gasteiger partial charge in [0.25, 0.3) is 0 Å². The molecule has 7 heteroatoms. The fraction of sp³-hybridized carbons (Fsp3) is 0.917. The largest absolute Gasteiger partial charge is 1.00 e. The number of hydrogen-bond donors (Lipinski definition) is 2. The summed E-state index contributed by atoms with van der Waals surface area (Å²) in [5.41, 5.74) is 0. The molecule has 0 bridgehead atoms. The molecule has 0 unspecified atom stereocenters. The van der Waals surface area contributed by atoms with Gasteiger partial charge in [0.05, 0.1) is 55.4 Å². The van der Waals surface area contributed by atoms with Crippen LogP contribution in [0.2, 0.25) is 0 Å². The second-order valence-corrected chi connectivity index (χ2v) is 6.86. The van der Waals surface area contributed by atoms with Crippen LogP contribution in [-0.2, 0) is 4.79 Å². The zero-order valence-electron chi connectivity index (χ0n) is 13.3. The van der Waals surface area contributed by atoms with E-state index in [1.807, 2.05) is 0 Å². The zero-order chi connectivity index (χ0) is 15.4. The van der Waals surface area contributed by atoms with Crippen LogP contribution in [0.1, 0.15) is 6.92 Å². The molecule has 0 fully saturated rings. The van der Waals surface area contributed by atoms with Gasteiger partial charge in [0.2, 0.25) is 0 Å². The van der Waals surface area contributed by atoms with Crippen LogP contribution in [-0.4, -0.2) is 81.8 Å². The smallest absolute Gasteiger partial charge is 0.0869 e. The monoisotopic (exact) mass is 378 g/mol. The van der Waals surface area contributed by atoms with E-state index in [0.717, 1.165) is 40.5 Å². The molecule has 120 valence electrons. The summed E-state index contributed by atoms with van der Waals surface area (Å²) in [6.07, 6.45) is 0. The molecular weight excluding hydrogens is 348 g/mol. The van der Waals surface area contributed by atoms with E-state index in [9.17, 15) is 0 Å². The van der Waals surface area contributed by atoms with Crippen LogP contribution in [0.15, 0.2) is 0 Å². The van der Waals surface area contributed by atoms with Crippen molar-refractivity contribution < 1.29 is 35.8 Å². The Morgan fingerprint density at radius 3 is 1.05 bits per heavy atom. The molecule has 0 saturated heterocycles. The van der Waals surface area contributed by atoms with Crippen LogP contribution in [0.25, 0.3) is 0 Å². The Morgan fingerprint density at radius 1 is 0.895 bits per heavy atom. The van der Waals surface area contributed by atoms with Crippen molar-refractivity contribution >= 4 is 31.2 Å². The van der Waals surface area contributed by atoms with Gasteiger partial charge >= 0.3 is 0 Å². The van der Waals surface area contributed by atoms with E-state index in [4.69, 9.17) is 9.90 Å². The van der Waals surface area contributed by atoms with Crippen molar-refractivity contribution in [1.82, 2.24) is 0 Å². The quantitative estimate of drug-likeness (QED) is 0.404. The first-order valence-electron chi connectivity index (χ1n) is 5.86. The minimum atomic E-state index is -1.08. The fourth-order valence-electron chi connectivity index (χ4n) is 0.600. The Labute approximate surface area is 140 Å². The summed E-state index contributed by atoms with van der Waals surface area (Å²) >= 11 is 8.20. The lowest BCUT2D eigenvalue weighted by Gasteiger charge is -2.22. The summed E-state index contributed by atoms with van der Waals surface area (Å²) in [4.78, 5) is 8.89. The van der Waals surface area contributed by atoms with Crippen molar-refractivity contribution in [3.63, 3.8) is 0 Å². The van der Waals surface area contributed by atoms with Crippen molar-refractivity contribution in [2.45, 2.75) is 6.92 Å². The third kappa shape index (κ3) is 69.4. The number of carbonyl (C=O) groups is 1. The third-order valence-corrected chi connectivity index (χ3v) is 1.94. The molecule has 0 heterocycles. The number of thiol groups is 2. The normalized spacial score (nSPS) is 10.2. The number of carbonyl (C=O) groups excluding carboxylic acids is 1. The number of quaternary nitrogens is 2. The van der Waals surface area contributed by atoms with Gasteiger partial charge in [0.1, 0.15) is 0 Å². The maximum absolute atomic E-state index is 8.89. The summed E-state index contributed by atoms with van der Waals surface area (Å²) in [7, 11) is 13.0. The summed E-state index contributed by atoms with van der Waals surface area (Å²) < 4.78 is 2.03. The number of nitrogens with zero attached hydrogens (tertiary/aromatic N) is 2. The molecular formula is C12H31BrN2O2S2. The van der Waals surface area contributed by atoms with Gasteiger partial charge in [-0.25, -0.2) is 0 Å². The molecule has 0 saturated carbocycles. The van der Waals surface area contributed by atoms with Crippen LogP contribution < -0.4 is 22.1 Å². The fourth-order valence-corrected chi connectivity index (χ4v) is 1.80. The van der Waals surface area contributed by atoms with Crippen molar-refractivity contribution in [3.05, 3.63) is 0 Å². The number of hydrogen-bond acceptors (Lipinski definition) is 4. The minimum Gasteiger partial charge on any atom is -1.00 e. The van der Waals surface area contributed by atoms with Gasteiger partial charge in [-0.05, 0) is 6.92 Å². The van der Waals surface area contributed by atoms with Crippen LogP contribution >= 0.6 is 25.3 Å². The number of aliphatic carboxylic acids is 1. The summed E-state index contributed by atoms with van der Waals surface area (Å²) in [5, 5.41) is 8.89. The van der Waals surface area contributed by atoms with Gasteiger partial charge in [-0.2, -0.15) is 25.3 Å². The van der Waals surface area contributed by atoms with Gasteiger partial charge in [0, 0.05) is 17.5 Å². The van der Waals surface area contributed by atoms with Gasteiger partial charge in [0.15, 0.2) is 0 Å². The van der Waals surface area contributed by atoms with E-state index >= 15 is 0 Å². The highest BCUT2D eigenvalue weighted by atomic mass is 79.9. The van der Waals surface area contributed by atoms with Crippen molar-refractivity contribution in [3.8, 4) is 0 Å². The van der Waals surface area contributed by atoms with E-state index in [-0.39, 0.29) is 17.0 Å². The highest BCUT2D eigenvalue weighted by molar-refractivity contribution is 7.80. The van der Waals surface area contributed by atoms with Crippen LogP contribution in [0, 0.1) is 0 Å². The topological polar surface area (TPSA) is 40.1 Å². The van der Waals surface area contributed by atoms with Crippen LogP contribution in [0.5, 0.6) is 0 Å². The van der Waals surface area contributed by atoms with E-state index in [2.05, 4.69) is 67.5 Å². The first-order valence-corrected chi connectivity index (χ1v) is 7.12. The first-order chi connectivity index (χ1) is 7.85. The lowest BCUT2D eigenvalue weighted by molar-refractivity contribution is -0.867. The van der Waals surface area contributed by atoms with Crippen molar-refractivity contribution in [1.29, 1.82) is 0 Å². The minimum absolute atomic E-state index is 0. The molecule has 0 radical (unpaired) electrons. The van der Waals surface area contributed by atoms with E-state index < -0.39 is 5.97 Å². The van der Waals surface area contributed by atoms with Crippen molar-refractivity contribution in [2.75, 3.05) is 66.9 Å². The van der Waals surface area contributed by atoms with E-state index in [0.29, 0.717) is 0 Å². The molecule has 0 aromatic carbocycles. The Balaban J connectivity index is -0.0000000900. The molecule has 0 aliphatic rings. The molecule has 0 atom stereocenters. The highest BCUT2D eigenvalue weighted by Crippen LogP contribution is 1.89. The number of carboxylic acids is 1. The lowest BCUT2D eigenvalue weighted by atomic mass is 10.6. The second-order valence-electron chi connectivity index (χ2n) is 5.97. The Morgan fingerprint density at radius 2 is 1.05 bits per heavy atom. The molecule has 0 spiro atoms. The molecule has 19 heavy (non-hydrogen) atoms. The molecule has 0 aliphatic heterocycles. The molecule has 4 nitrogen and oxygen atoms in total. The zero-order valence-corrected chi connectivity index (χ0v) is 16.7. The molecule has 0 N–H and O–H groups in total. The lowest BCUT2D eigenvalue weighted by Crippen LogP contribution is -3.00. The standard InChI is InChI=1S/2C5H13NS.C2H4O2.BrH/c2*1-6(2,3)4-5-7;1-2(3)4;/h2*4-5H2,1-3H3;1H3,(H,3,4);1H. The summed E-state index contributed by atoms with van der Waals surface area (Å²) in [5.74, 6) is 0.868. The van der Waals surface area contributed by atoms with Gasteiger partial charge in [-0.3, -0.25) is 0 Å². The predicted molar refractivity (Wildman–Crippen MR) is 84.2 cm³/mol. The van der Waals surface area contributed by atoms with Gasteiger partial charge in [-0.15, -0.1) is 0 Å². The summed E-state index contributed by atoms with van der Waals surface area (Å²) in [6.45, 7) is 3.26. The number of rotatable bonds is 4. The number of halogens is 1.